The summed E-state index contributed by atoms with van der Waals surface area (Å²) in [5.74, 6) is -0.788. The molecule has 1 aliphatic rings. The van der Waals surface area contributed by atoms with E-state index < -0.39 is 5.97 Å². The van der Waals surface area contributed by atoms with E-state index in [4.69, 9.17) is 5.11 Å². The van der Waals surface area contributed by atoms with E-state index >= 15 is 0 Å². The number of carboxylic acid groups (broad SMARTS) is 1. The van der Waals surface area contributed by atoms with Gasteiger partial charge < -0.3 is 5.11 Å². The molecule has 0 fully saturated rings. The molecule has 0 amide bonds. The van der Waals surface area contributed by atoms with Gasteiger partial charge in [0.05, 0.1) is 6.42 Å². The van der Waals surface area contributed by atoms with Gasteiger partial charge in [0.2, 0.25) is 0 Å². The van der Waals surface area contributed by atoms with Gasteiger partial charge in [-0.15, -0.1) is 0 Å². The van der Waals surface area contributed by atoms with Gasteiger partial charge in [0.1, 0.15) is 0 Å². The number of hydrogen-bond donors (Lipinski definition) is 1. The summed E-state index contributed by atoms with van der Waals surface area (Å²) in [6.45, 7) is 2.66. The lowest BCUT2D eigenvalue weighted by molar-refractivity contribution is -0.136. The summed E-state index contributed by atoms with van der Waals surface area (Å²) in [5, 5.41) is 8.74. The number of nitrogens with zero attached hydrogens (tertiary/aromatic N) is 1. The molecule has 0 heterocycles. The molecule has 0 aliphatic heterocycles. The molecule has 16 heavy (non-hydrogen) atoms. The van der Waals surface area contributed by atoms with Crippen molar-refractivity contribution in [2.75, 3.05) is 6.54 Å². The average Bonchev–Trinajstić information content (AvgIpc) is 2.43. The van der Waals surface area contributed by atoms with Crippen LogP contribution in [0, 0.1) is 0 Å². The van der Waals surface area contributed by atoms with Crippen LogP contribution in [-0.2, 0) is 4.79 Å². The third kappa shape index (κ3) is 4.73. The standard InChI is InChI=1S/C13H17NO2/c1-2-14-8-7-11-5-3-4-6-12(9-11)10-13(15)16/h2,4-6,9H,3,7-8,10H2,1H3,(H,15,16). The van der Waals surface area contributed by atoms with Crippen LogP contribution in [0.1, 0.15) is 26.2 Å². The molecule has 1 N–H and O–H groups in total. The minimum absolute atomic E-state index is 0.0882. The molecule has 0 aromatic rings. The van der Waals surface area contributed by atoms with Crippen LogP contribution in [0.25, 0.3) is 0 Å². The Morgan fingerprint density at radius 3 is 3.06 bits per heavy atom. The molecular weight excluding hydrogens is 202 g/mol. The van der Waals surface area contributed by atoms with Crippen molar-refractivity contribution in [2.45, 2.75) is 26.2 Å². The lowest BCUT2D eigenvalue weighted by atomic mass is 10.1. The van der Waals surface area contributed by atoms with Crippen LogP contribution < -0.4 is 0 Å². The molecule has 0 aromatic carbocycles. The van der Waals surface area contributed by atoms with Gasteiger partial charge in [-0.3, -0.25) is 9.79 Å². The molecule has 3 heteroatoms. The Balaban J connectivity index is 2.63. The third-order valence-corrected chi connectivity index (χ3v) is 2.29. The second-order valence-electron chi connectivity index (χ2n) is 3.62. The van der Waals surface area contributed by atoms with E-state index in [9.17, 15) is 4.79 Å². The SMILES string of the molecule is CC=NCCC1=CCC=CC(CC(=O)O)=C1. The van der Waals surface area contributed by atoms with Crippen molar-refractivity contribution in [2.24, 2.45) is 4.99 Å². The Bertz CT molecular complexity index is 362. The molecule has 0 saturated carbocycles. The van der Waals surface area contributed by atoms with Gasteiger partial charge in [0.25, 0.3) is 0 Å². The van der Waals surface area contributed by atoms with Crippen molar-refractivity contribution >= 4 is 12.2 Å². The van der Waals surface area contributed by atoms with Gasteiger partial charge in [-0.1, -0.05) is 24.3 Å². The van der Waals surface area contributed by atoms with Crippen LogP contribution in [0.4, 0.5) is 0 Å². The molecular formula is C13H17NO2. The number of carbonyl (C=O) groups is 1. The quantitative estimate of drug-likeness (QED) is 0.723. The number of carboxylic acids is 1. The Morgan fingerprint density at radius 1 is 1.56 bits per heavy atom. The minimum Gasteiger partial charge on any atom is -0.481 e. The Hall–Kier alpha value is -1.64. The highest BCUT2D eigenvalue weighted by Gasteiger charge is 2.04. The number of hydrogen-bond acceptors (Lipinski definition) is 2. The zero-order valence-electron chi connectivity index (χ0n) is 9.52. The Morgan fingerprint density at radius 2 is 2.38 bits per heavy atom. The first-order valence-electron chi connectivity index (χ1n) is 5.44. The molecule has 0 radical (unpaired) electrons. The maximum Gasteiger partial charge on any atom is 0.307 e. The number of rotatable bonds is 5. The summed E-state index contributed by atoms with van der Waals surface area (Å²) in [5.41, 5.74) is 2.03. The number of aliphatic imine (C=N–C) groups is 1. The van der Waals surface area contributed by atoms with Gasteiger partial charge in [-0.05, 0) is 37.1 Å². The van der Waals surface area contributed by atoms with Crippen molar-refractivity contribution in [1.82, 2.24) is 0 Å². The fourth-order valence-corrected chi connectivity index (χ4v) is 1.57. The van der Waals surface area contributed by atoms with Gasteiger partial charge in [-0.25, -0.2) is 0 Å². The molecule has 1 aliphatic carbocycles. The topological polar surface area (TPSA) is 49.7 Å². The molecule has 0 atom stereocenters. The van der Waals surface area contributed by atoms with Gasteiger partial charge in [0.15, 0.2) is 0 Å². The molecule has 0 spiro atoms. The number of aliphatic carboxylic acids is 1. The van der Waals surface area contributed by atoms with Crippen molar-refractivity contribution in [3.8, 4) is 0 Å². The molecule has 0 unspecified atom stereocenters. The summed E-state index contributed by atoms with van der Waals surface area (Å²) in [6, 6.07) is 0. The van der Waals surface area contributed by atoms with Gasteiger partial charge >= 0.3 is 5.97 Å². The molecule has 0 saturated heterocycles. The van der Waals surface area contributed by atoms with E-state index in [0.717, 1.165) is 25.0 Å². The van der Waals surface area contributed by atoms with E-state index in [2.05, 4.69) is 11.1 Å². The van der Waals surface area contributed by atoms with Crippen molar-refractivity contribution in [3.63, 3.8) is 0 Å². The highest BCUT2D eigenvalue weighted by molar-refractivity contribution is 5.71. The zero-order chi connectivity index (χ0) is 11.8. The predicted octanol–water partition coefficient (Wildman–Crippen LogP) is 2.75. The summed E-state index contributed by atoms with van der Waals surface area (Å²) >= 11 is 0. The molecule has 3 nitrogen and oxygen atoms in total. The lowest BCUT2D eigenvalue weighted by Crippen LogP contribution is -1.96. The maximum absolute atomic E-state index is 10.6. The van der Waals surface area contributed by atoms with E-state index in [1.807, 2.05) is 25.2 Å². The van der Waals surface area contributed by atoms with Crippen LogP contribution in [0.15, 0.2) is 40.4 Å². The first-order chi connectivity index (χ1) is 7.72. The minimum atomic E-state index is -0.788. The summed E-state index contributed by atoms with van der Waals surface area (Å²) < 4.78 is 0. The van der Waals surface area contributed by atoms with Crippen LogP contribution in [0.2, 0.25) is 0 Å². The largest absolute Gasteiger partial charge is 0.481 e. The normalized spacial score (nSPS) is 15.8. The maximum atomic E-state index is 10.6. The Labute approximate surface area is 95.9 Å². The van der Waals surface area contributed by atoms with Crippen molar-refractivity contribution < 1.29 is 9.90 Å². The zero-order valence-corrected chi connectivity index (χ0v) is 9.52. The highest BCUT2D eigenvalue weighted by atomic mass is 16.4. The molecule has 0 bridgehead atoms. The van der Waals surface area contributed by atoms with Crippen molar-refractivity contribution in [1.29, 1.82) is 0 Å². The van der Waals surface area contributed by atoms with E-state index in [1.54, 1.807) is 6.21 Å². The third-order valence-electron chi connectivity index (χ3n) is 2.29. The monoisotopic (exact) mass is 219 g/mol. The van der Waals surface area contributed by atoms with Crippen LogP contribution >= 0.6 is 0 Å². The summed E-state index contributed by atoms with van der Waals surface area (Å²) in [4.78, 5) is 14.8. The van der Waals surface area contributed by atoms with Gasteiger partial charge in [-0.2, -0.15) is 0 Å². The van der Waals surface area contributed by atoms with Gasteiger partial charge in [0, 0.05) is 6.54 Å². The smallest absolute Gasteiger partial charge is 0.307 e. The fourth-order valence-electron chi connectivity index (χ4n) is 1.57. The van der Waals surface area contributed by atoms with E-state index in [-0.39, 0.29) is 6.42 Å². The van der Waals surface area contributed by atoms with Crippen molar-refractivity contribution in [3.05, 3.63) is 35.5 Å². The summed E-state index contributed by atoms with van der Waals surface area (Å²) in [6.07, 6.45) is 11.6. The van der Waals surface area contributed by atoms with E-state index in [0.29, 0.717) is 0 Å². The first-order valence-corrected chi connectivity index (χ1v) is 5.44. The predicted molar refractivity (Wildman–Crippen MR) is 65.8 cm³/mol. The second kappa shape index (κ2) is 6.77. The highest BCUT2D eigenvalue weighted by Crippen LogP contribution is 2.16. The lowest BCUT2D eigenvalue weighted by Gasteiger charge is -2.01. The van der Waals surface area contributed by atoms with E-state index in [1.165, 1.54) is 5.57 Å². The average molecular weight is 219 g/mol. The first kappa shape index (κ1) is 12.4. The fraction of sp³-hybridized carbons (Fsp3) is 0.385. The molecule has 0 aromatic heterocycles. The second-order valence-corrected chi connectivity index (χ2v) is 3.62. The van der Waals surface area contributed by atoms with Crippen LogP contribution in [0.5, 0.6) is 0 Å². The molecule has 86 valence electrons. The number of allylic oxidation sites excluding steroid dienone is 4. The molecule has 1 rings (SSSR count). The van der Waals surface area contributed by atoms with Crippen LogP contribution in [-0.4, -0.2) is 23.8 Å². The summed E-state index contributed by atoms with van der Waals surface area (Å²) in [7, 11) is 0. The Kier molecular flexibility index (Phi) is 5.26. The van der Waals surface area contributed by atoms with Crippen LogP contribution in [0.3, 0.4) is 0 Å².